The molecule has 0 spiro atoms. The van der Waals surface area contributed by atoms with E-state index in [2.05, 4.69) is 39.8 Å². The standard InChI is InChI=1S/C21H34N4O/c1-18-7-6-8-19(17-18)20(22(2)3)21(26)25-15-13-24(14-16-25)12-11-23-9-4-5-10-23/h6-8,17,20H,4-5,9-16H2,1-3H3. The van der Waals surface area contributed by atoms with Crippen LogP contribution in [-0.4, -0.2) is 92.0 Å². The van der Waals surface area contributed by atoms with Crippen molar-refractivity contribution in [3.63, 3.8) is 0 Å². The molecule has 5 nitrogen and oxygen atoms in total. The Kier molecular flexibility index (Phi) is 6.68. The third kappa shape index (κ3) is 4.84. The quantitative estimate of drug-likeness (QED) is 0.776. The average Bonchev–Trinajstić information content (AvgIpc) is 3.14. The molecule has 0 N–H and O–H groups in total. The van der Waals surface area contributed by atoms with Crippen molar-refractivity contribution in [1.29, 1.82) is 0 Å². The minimum Gasteiger partial charge on any atom is -0.338 e. The van der Waals surface area contributed by atoms with Gasteiger partial charge in [0.05, 0.1) is 0 Å². The van der Waals surface area contributed by atoms with Gasteiger partial charge in [0.1, 0.15) is 6.04 Å². The SMILES string of the molecule is Cc1cccc(C(C(=O)N2CCN(CCN3CCCC3)CC2)N(C)C)c1. The fourth-order valence-electron chi connectivity index (χ4n) is 4.16. The van der Waals surface area contributed by atoms with Crippen LogP contribution in [0.1, 0.15) is 30.0 Å². The van der Waals surface area contributed by atoms with Crippen molar-refractivity contribution in [3.8, 4) is 0 Å². The van der Waals surface area contributed by atoms with E-state index in [9.17, 15) is 4.79 Å². The molecular formula is C21H34N4O. The van der Waals surface area contributed by atoms with Crippen LogP contribution < -0.4 is 0 Å². The van der Waals surface area contributed by atoms with Gasteiger partial charge >= 0.3 is 0 Å². The van der Waals surface area contributed by atoms with Crippen LogP contribution in [0.3, 0.4) is 0 Å². The van der Waals surface area contributed by atoms with Crippen molar-refractivity contribution >= 4 is 5.91 Å². The van der Waals surface area contributed by atoms with Gasteiger partial charge in [-0.2, -0.15) is 0 Å². The molecule has 144 valence electrons. The summed E-state index contributed by atoms with van der Waals surface area (Å²) in [4.78, 5) is 22.4. The van der Waals surface area contributed by atoms with E-state index in [0.717, 1.165) is 38.3 Å². The monoisotopic (exact) mass is 358 g/mol. The van der Waals surface area contributed by atoms with E-state index >= 15 is 0 Å². The van der Waals surface area contributed by atoms with E-state index in [4.69, 9.17) is 0 Å². The molecule has 5 heteroatoms. The summed E-state index contributed by atoms with van der Waals surface area (Å²) in [6.07, 6.45) is 2.71. The van der Waals surface area contributed by atoms with Gasteiger partial charge in [0.25, 0.3) is 0 Å². The number of likely N-dealkylation sites (N-methyl/N-ethyl adjacent to an activating group) is 1. The highest BCUT2D eigenvalue weighted by atomic mass is 16.2. The zero-order valence-corrected chi connectivity index (χ0v) is 16.7. The van der Waals surface area contributed by atoms with Crippen LogP contribution >= 0.6 is 0 Å². The van der Waals surface area contributed by atoms with Crippen LogP contribution in [0.25, 0.3) is 0 Å². The number of piperazine rings is 1. The molecule has 0 aliphatic carbocycles. The van der Waals surface area contributed by atoms with Crippen molar-refractivity contribution in [2.75, 3.05) is 66.5 Å². The number of hydrogen-bond acceptors (Lipinski definition) is 4. The highest BCUT2D eigenvalue weighted by Gasteiger charge is 2.30. The molecule has 1 aromatic rings. The lowest BCUT2D eigenvalue weighted by Crippen LogP contribution is -2.52. The topological polar surface area (TPSA) is 30.0 Å². The molecule has 0 bridgehead atoms. The van der Waals surface area contributed by atoms with E-state index in [0.29, 0.717) is 0 Å². The van der Waals surface area contributed by atoms with E-state index in [1.54, 1.807) is 0 Å². The maximum atomic E-state index is 13.2. The lowest BCUT2D eigenvalue weighted by atomic mass is 10.0. The second-order valence-corrected chi connectivity index (χ2v) is 8.00. The Morgan fingerprint density at radius 1 is 1.00 bits per heavy atom. The summed E-state index contributed by atoms with van der Waals surface area (Å²) in [5.41, 5.74) is 2.30. The second kappa shape index (κ2) is 8.98. The molecule has 26 heavy (non-hydrogen) atoms. The predicted octanol–water partition coefficient (Wildman–Crippen LogP) is 1.84. The van der Waals surface area contributed by atoms with Gasteiger partial charge in [-0.1, -0.05) is 29.8 Å². The Bertz CT molecular complexity index is 589. The van der Waals surface area contributed by atoms with Gasteiger partial charge in [0.2, 0.25) is 5.91 Å². The molecule has 0 radical (unpaired) electrons. The Labute approximate surface area is 158 Å². The molecule has 2 aliphatic heterocycles. The summed E-state index contributed by atoms with van der Waals surface area (Å²) in [7, 11) is 3.99. The summed E-state index contributed by atoms with van der Waals surface area (Å²) >= 11 is 0. The van der Waals surface area contributed by atoms with Crippen molar-refractivity contribution in [1.82, 2.24) is 19.6 Å². The lowest BCUT2D eigenvalue weighted by Gasteiger charge is -2.38. The molecular weight excluding hydrogens is 324 g/mol. The van der Waals surface area contributed by atoms with Gasteiger partial charge in [-0.3, -0.25) is 14.6 Å². The summed E-state index contributed by atoms with van der Waals surface area (Å²) in [5, 5.41) is 0. The van der Waals surface area contributed by atoms with Crippen molar-refractivity contribution in [2.45, 2.75) is 25.8 Å². The number of carbonyl (C=O) groups excluding carboxylic acids is 1. The number of rotatable bonds is 6. The zero-order chi connectivity index (χ0) is 18.5. The number of aryl methyl sites for hydroxylation is 1. The van der Waals surface area contributed by atoms with E-state index in [1.807, 2.05) is 25.1 Å². The molecule has 1 aromatic carbocycles. The summed E-state index contributed by atoms with van der Waals surface area (Å²) in [5.74, 6) is 0.236. The minimum absolute atomic E-state index is 0.189. The van der Waals surface area contributed by atoms with Crippen LogP contribution in [-0.2, 0) is 4.79 Å². The first-order chi connectivity index (χ1) is 12.5. The fraction of sp³-hybridized carbons (Fsp3) is 0.667. The zero-order valence-electron chi connectivity index (χ0n) is 16.7. The fourth-order valence-corrected chi connectivity index (χ4v) is 4.16. The van der Waals surface area contributed by atoms with Crippen LogP contribution in [0.2, 0.25) is 0 Å². The summed E-state index contributed by atoms with van der Waals surface area (Å²) in [6.45, 7) is 10.6. The number of benzene rings is 1. The molecule has 2 heterocycles. The smallest absolute Gasteiger partial charge is 0.244 e. The third-order valence-corrected chi connectivity index (χ3v) is 5.72. The molecule has 0 saturated carbocycles. The minimum atomic E-state index is -0.189. The molecule has 1 atom stereocenters. The maximum absolute atomic E-state index is 13.2. The van der Waals surface area contributed by atoms with Crippen LogP contribution in [0.15, 0.2) is 24.3 Å². The number of likely N-dealkylation sites (tertiary alicyclic amines) is 1. The van der Waals surface area contributed by atoms with Crippen molar-refractivity contribution < 1.29 is 4.79 Å². The number of nitrogens with zero attached hydrogens (tertiary/aromatic N) is 4. The molecule has 1 amide bonds. The molecule has 3 rings (SSSR count). The predicted molar refractivity (Wildman–Crippen MR) is 106 cm³/mol. The summed E-state index contributed by atoms with van der Waals surface area (Å²) < 4.78 is 0. The number of amides is 1. The van der Waals surface area contributed by atoms with Crippen molar-refractivity contribution in [2.24, 2.45) is 0 Å². The lowest BCUT2D eigenvalue weighted by molar-refractivity contribution is -0.138. The Hall–Kier alpha value is -1.43. The Morgan fingerprint density at radius 3 is 2.19 bits per heavy atom. The molecule has 2 aliphatic rings. The molecule has 0 aromatic heterocycles. The third-order valence-electron chi connectivity index (χ3n) is 5.72. The number of hydrogen-bond donors (Lipinski definition) is 0. The first kappa shape index (κ1) is 19.3. The van der Waals surface area contributed by atoms with Gasteiger partial charge < -0.3 is 9.80 Å². The number of carbonyl (C=O) groups is 1. The van der Waals surface area contributed by atoms with Gasteiger partial charge in [-0.25, -0.2) is 0 Å². The Balaban J connectivity index is 1.54. The average molecular weight is 359 g/mol. The normalized spacial score (nSPS) is 20.7. The van der Waals surface area contributed by atoms with Gasteiger partial charge in [-0.15, -0.1) is 0 Å². The van der Waals surface area contributed by atoms with Crippen LogP contribution in [0.5, 0.6) is 0 Å². The van der Waals surface area contributed by atoms with Gasteiger partial charge in [-0.05, 0) is 52.5 Å². The van der Waals surface area contributed by atoms with Crippen LogP contribution in [0, 0.1) is 6.92 Å². The van der Waals surface area contributed by atoms with Gasteiger partial charge in [0.15, 0.2) is 0 Å². The van der Waals surface area contributed by atoms with Crippen molar-refractivity contribution in [3.05, 3.63) is 35.4 Å². The van der Waals surface area contributed by atoms with E-state index in [1.165, 1.54) is 38.0 Å². The largest absolute Gasteiger partial charge is 0.338 e. The molecule has 1 unspecified atom stereocenters. The molecule has 2 saturated heterocycles. The second-order valence-electron chi connectivity index (χ2n) is 8.00. The molecule has 2 fully saturated rings. The first-order valence-electron chi connectivity index (χ1n) is 10.0. The van der Waals surface area contributed by atoms with Crippen LogP contribution in [0.4, 0.5) is 0 Å². The van der Waals surface area contributed by atoms with E-state index < -0.39 is 0 Å². The van der Waals surface area contributed by atoms with Gasteiger partial charge in [0, 0.05) is 39.3 Å². The maximum Gasteiger partial charge on any atom is 0.244 e. The summed E-state index contributed by atoms with van der Waals surface area (Å²) in [6, 6.07) is 8.15. The van der Waals surface area contributed by atoms with E-state index in [-0.39, 0.29) is 11.9 Å². The highest BCUT2D eigenvalue weighted by molar-refractivity contribution is 5.83. The Morgan fingerprint density at radius 2 is 1.62 bits per heavy atom. The highest BCUT2D eigenvalue weighted by Crippen LogP contribution is 2.22. The first-order valence-corrected chi connectivity index (χ1v) is 10.0.